The maximum atomic E-state index is 11.5. The van der Waals surface area contributed by atoms with Crippen LogP contribution in [0.2, 0.25) is 0 Å². The molecular formula is C12H8N2O. The number of amidine groups is 1. The van der Waals surface area contributed by atoms with Gasteiger partial charge in [0.25, 0.3) is 5.91 Å². The van der Waals surface area contributed by atoms with Gasteiger partial charge in [0.1, 0.15) is 5.84 Å². The van der Waals surface area contributed by atoms with E-state index in [1.807, 2.05) is 36.4 Å². The Balaban J connectivity index is 2.41. The van der Waals surface area contributed by atoms with Gasteiger partial charge in [0.05, 0.1) is 5.56 Å². The van der Waals surface area contributed by atoms with Crippen molar-refractivity contribution in [2.45, 2.75) is 0 Å². The van der Waals surface area contributed by atoms with Crippen molar-refractivity contribution in [1.82, 2.24) is 0 Å². The minimum absolute atomic E-state index is 0.242. The molecule has 72 valence electrons. The third-order valence-corrected chi connectivity index (χ3v) is 2.61. The van der Waals surface area contributed by atoms with E-state index in [0.717, 1.165) is 16.3 Å². The van der Waals surface area contributed by atoms with Crippen molar-refractivity contribution >= 4 is 22.5 Å². The SMILES string of the molecule is NC1=NC(=O)c2cc3ccccc3cc21. The zero-order valence-corrected chi connectivity index (χ0v) is 7.90. The fourth-order valence-corrected chi connectivity index (χ4v) is 1.86. The predicted molar refractivity (Wildman–Crippen MR) is 59.0 cm³/mol. The largest absolute Gasteiger partial charge is 0.383 e. The molecule has 0 spiro atoms. The van der Waals surface area contributed by atoms with Crippen molar-refractivity contribution in [3.8, 4) is 0 Å². The van der Waals surface area contributed by atoms with Gasteiger partial charge in [0.2, 0.25) is 0 Å². The van der Waals surface area contributed by atoms with Crippen LogP contribution in [0.25, 0.3) is 10.8 Å². The van der Waals surface area contributed by atoms with Crippen LogP contribution in [0.3, 0.4) is 0 Å². The highest BCUT2D eigenvalue weighted by atomic mass is 16.1. The molecule has 3 nitrogen and oxygen atoms in total. The van der Waals surface area contributed by atoms with Crippen LogP contribution >= 0.6 is 0 Å². The van der Waals surface area contributed by atoms with Crippen molar-refractivity contribution in [3.63, 3.8) is 0 Å². The fourth-order valence-electron chi connectivity index (χ4n) is 1.86. The van der Waals surface area contributed by atoms with Gasteiger partial charge < -0.3 is 5.73 Å². The highest BCUT2D eigenvalue weighted by Crippen LogP contribution is 2.24. The molecule has 3 heteroatoms. The maximum Gasteiger partial charge on any atom is 0.279 e. The van der Waals surface area contributed by atoms with Crippen LogP contribution in [0.1, 0.15) is 15.9 Å². The van der Waals surface area contributed by atoms with Crippen molar-refractivity contribution in [2.24, 2.45) is 10.7 Å². The van der Waals surface area contributed by atoms with E-state index in [4.69, 9.17) is 5.73 Å². The molecule has 2 N–H and O–H groups in total. The van der Waals surface area contributed by atoms with E-state index in [1.165, 1.54) is 0 Å². The van der Waals surface area contributed by atoms with Gasteiger partial charge in [-0.15, -0.1) is 0 Å². The first-order chi connectivity index (χ1) is 7.25. The summed E-state index contributed by atoms with van der Waals surface area (Å²) in [5.41, 5.74) is 7.01. The number of carbonyl (C=O) groups is 1. The Kier molecular flexibility index (Phi) is 1.45. The molecule has 3 rings (SSSR count). The van der Waals surface area contributed by atoms with Crippen molar-refractivity contribution < 1.29 is 4.79 Å². The number of benzene rings is 2. The van der Waals surface area contributed by atoms with E-state index >= 15 is 0 Å². The normalized spacial score (nSPS) is 14.1. The molecular weight excluding hydrogens is 188 g/mol. The van der Waals surface area contributed by atoms with Gasteiger partial charge in [-0.2, -0.15) is 4.99 Å². The van der Waals surface area contributed by atoms with E-state index in [0.29, 0.717) is 11.4 Å². The second kappa shape index (κ2) is 2.67. The van der Waals surface area contributed by atoms with E-state index in [-0.39, 0.29) is 5.91 Å². The second-order valence-corrected chi connectivity index (χ2v) is 3.55. The zero-order chi connectivity index (χ0) is 10.4. The van der Waals surface area contributed by atoms with E-state index < -0.39 is 0 Å². The molecule has 2 aromatic carbocycles. The summed E-state index contributed by atoms with van der Waals surface area (Å²) in [6, 6.07) is 11.6. The third kappa shape index (κ3) is 1.06. The molecule has 2 aromatic rings. The Morgan fingerprint density at radius 3 is 2.27 bits per heavy atom. The molecule has 15 heavy (non-hydrogen) atoms. The summed E-state index contributed by atoms with van der Waals surface area (Å²) in [5, 5.41) is 2.11. The van der Waals surface area contributed by atoms with Crippen LogP contribution < -0.4 is 5.73 Å². The topological polar surface area (TPSA) is 55.4 Å². The number of nitrogens with two attached hydrogens (primary N) is 1. The summed E-state index contributed by atoms with van der Waals surface area (Å²) >= 11 is 0. The van der Waals surface area contributed by atoms with Crippen molar-refractivity contribution in [1.29, 1.82) is 0 Å². The monoisotopic (exact) mass is 196 g/mol. The lowest BCUT2D eigenvalue weighted by molar-refractivity contribution is 0.101. The Hall–Kier alpha value is -2.16. The molecule has 1 amide bonds. The first kappa shape index (κ1) is 8.17. The van der Waals surface area contributed by atoms with Crippen molar-refractivity contribution in [3.05, 3.63) is 47.5 Å². The standard InChI is InChI=1S/C12H8N2O/c13-11-9-5-7-3-1-2-4-8(7)6-10(9)12(15)14-11/h1-6H,(H2,13,14,15). The van der Waals surface area contributed by atoms with Crippen LogP contribution in [0.5, 0.6) is 0 Å². The first-order valence-electron chi connectivity index (χ1n) is 4.67. The molecule has 0 aliphatic carbocycles. The average Bonchev–Trinajstić information content (AvgIpc) is 2.52. The molecule has 0 atom stereocenters. The smallest absolute Gasteiger partial charge is 0.279 e. The number of amides is 1. The highest BCUT2D eigenvalue weighted by Gasteiger charge is 2.21. The van der Waals surface area contributed by atoms with Crippen LogP contribution in [0.4, 0.5) is 0 Å². The number of hydrogen-bond acceptors (Lipinski definition) is 2. The summed E-state index contributed by atoms with van der Waals surface area (Å²) in [6.45, 7) is 0. The van der Waals surface area contributed by atoms with Gasteiger partial charge in [-0.1, -0.05) is 24.3 Å². The molecule has 0 aromatic heterocycles. The number of hydrogen-bond donors (Lipinski definition) is 1. The summed E-state index contributed by atoms with van der Waals surface area (Å²) in [6.07, 6.45) is 0. The van der Waals surface area contributed by atoms with Gasteiger partial charge in [-0.3, -0.25) is 4.79 Å². The first-order valence-corrected chi connectivity index (χ1v) is 4.67. The molecule has 0 bridgehead atoms. The Morgan fingerprint density at radius 1 is 1.00 bits per heavy atom. The Morgan fingerprint density at radius 2 is 1.60 bits per heavy atom. The Bertz CT molecular complexity index is 614. The number of carbonyl (C=O) groups excluding carboxylic acids is 1. The lowest BCUT2D eigenvalue weighted by Gasteiger charge is -2.01. The summed E-state index contributed by atoms with van der Waals surface area (Å²) in [5.74, 6) is 0.0778. The van der Waals surface area contributed by atoms with Gasteiger partial charge in [-0.25, -0.2) is 0 Å². The molecule has 0 fully saturated rings. The van der Waals surface area contributed by atoms with Gasteiger partial charge in [0.15, 0.2) is 0 Å². The van der Waals surface area contributed by atoms with E-state index in [9.17, 15) is 4.79 Å². The predicted octanol–water partition coefficient (Wildman–Crippen LogP) is 1.70. The number of nitrogens with zero attached hydrogens (tertiary/aromatic N) is 1. The van der Waals surface area contributed by atoms with Crippen LogP contribution in [0.15, 0.2) is 41.4 Å². The maximum absolute atomic E-state index is 11.5. The van der Waals surface area contributed by atoms with Gasteiger partial charge >= 0.3 is 0 Å². The van der Waals surface area contributed by atoms with E-state index in [1.54, 1.807) is 0 Å². The quantitative estimate of drug-likeness (QED) is 0.697. The second-order valence-electron chi connectivity index (χ2n) is 3.55. The van der Waals surface area contributed by atoms with Crippen molar-refractivity contribution in [2.75, 3.05) is 0 Å². The van der Waals surface area contributed by atoms with Gasteiger partial charge in [0, 0.05) is 5.56 Å². The number of rotatable bonds is 0. The van der Waals surface area contributed by atoms with Crippen LogP contribution in [0, 0.1) is 0 Å². The summed E-state index contributed by atoms with van der Waals surface area (Å²) in [7, 11) is 0. The molecule has 1 aliphatic heterocycles. The zero-order valence-electron chi connectivity index (χ0n) is 7.90. The molecule has 0 saturated heterocycles. The minimum atomic E-state index is -0.242. The van der Waals surface area contributed by atoms with E-state index in [2.05, 4.69) is 4.99 Å². The lowest BCUT2D eigenvalue weighted by atomic mass is 10.0. The molecule has 0 saturated carbocycles. The number of aliphatic imine (C=N–C) groups is 1. The molecule has 1 aliphatic rings. The minimum Gasteiger partial charge on any atom is -0.383 e. The molecule has 1 heterocycles. The fraction of sp³-hybridized carbons (Fsp3) is 0. The van der Waals surface area contributed by atoms with Gasteiger partial charge in [-0.05, 0) is 22.9 Å². The number of fused-ring (bicyclic) bond motifs is 2. The van der Waals surface area contributed by atoms with Crippen LogP contribution in [-0.2, 0) is 0 Å². The molecule has 0 radical (unpaired) electrons. The average molecular weight is 196 g/mol. The molecule has 0 unspecified atom stereocenters. The Labute approximate surface area is 86.2 Å². The summed E-state index contributed by atoms with van der Waals surface area (Å²) in [4.78, 5) is 15.2. The highest BCUT2D eigenvalue weighted by molar-refractivity contribution is 6.21. The van der Waals surface area contributed by atoms with Crippen LogP contribution in [-0.4, -0.2) is 11.7 Å². The summed E-state index contributed by atoms with van der Waals surface area (Å²) < 4.78 is 0. The third-order valence-electron chi connectivity index (χ3n) is 2.61. The lowest BCUT2D eigenvalue weighted by Crippen LogP contribution is -2.10.